The monoisotopic (exact) mass is 350 g/mol. The highest BCUT2D eigenvalue weighted by atomic mass is 19.2. The molecule has 3 aromatic rings. The Hall–Kier alpha value is -3.23. The molecule has 0 unspecified atom stereocenters. The normalized spacial score (nSPS) is 10.7. The Kier molecular flexibility index (Phi) is 4.46. The number of para-hydroxylation sites is 1. The first-order chi connectivity index (χ1) is 12.0. The van der Waals surface area contributed by atoms with Crippen molar-refractivity contribution >= 4 is 5.91 Å². The third-order valence-electron chi connectivity index (χ3n) is 3.45. The third-order valence-corrected chi connectivity index (χ3v) is 3.45. The van der Waals surface area contributed by atoms with E-state index < -0.39 is 41.3 Å². The summed E-state index contributed by atoms with van der Waals surface area (Å²) in [6, 6.07) is 6.56. The summed E-state index contributed by atoms with van der Waals surface area (Å²) in [7, 11) is 0. The molecule has 1 aromatic heterocycles. The van der Waals surface area contributed by atoms with Gasteiger partial charge in [0.2, 0.25) is 0 Å². The lowest BCUT2D eigenvalue weighted by Gasteiger charge is -2.11. The van der Waals surface area contributed by atoms with Gasteiger partial charge in [-0.3, -0.25) is 4.79 Å². The van der Waals surface area contributed by atoms with Crippen LogP contribution in [-0.4, -0.2) is 20.9 Å². The number of amides is 1. The summed E-state index contributed by atoms with van der Waals surface area (Å²) in [4.78, 5) is 12.3. The van der Waals surface area contributed by atoms with Gasteiger partial charge in [0.25, 0.3) is 5.91 Å². The van der Waals surface area contributed by atoms with E-state index in [1.165, 1.54) is 23.1 Å². The standard InChI is InChI=1S/C16H10F4N4O/c17-11-7-12(18)15(20)14(19)10(11)8-21-16(25)9-3-1-2-4-13(9)24-6-5-22-23-24/h1-7H,8H2,(H,21,25). The molecule has 0 aliphatic rings. The summed E-state index contributed by atoms with van der Waals surface area (Å²) >= 11 is 0. The van der Waals surface area contributed by atoms with E-state index in [1.807, 2.05) is 0 Å². The maximum atomic E-state index is 13.7. The first-order valence-electron chi connectivity index (χ1n) is 7.05. The average molecular weight is 350 g/mol. The highest BCUT2D eigenvalue weighted by molar-refractivity contribution is 5.97. The van der Waals surface area contributed by atoms with Crippen LogP contribution < -0.4 is 5.32 Å². The Labute approximate surface area is 138 Å². The highest BCUT2D eigenvalue weighted by Gasteiger charge is 2.20. The van der Waals surface area contributed by atoms with E-state index >= 15 is 0 Å². The lowest BCUT2D eigenvalue weighted by atomic mass is 10.1. The molecule has 0 saturated heterocycles. The first-order valence-corrected chi connectivity index (χ1v) is 7.05. The Morgan fingerprint density at radius 2 is 1.84 bits per heavy atom. The number of hydrogen-bond donors (Lipinski definition) is 1. The van der Waals surface area contributed by atoms with Crippen LogP contribution in [0.15, 0.2) is 42.7 Å². The van der Waals surface area contributed by atoms with Crippen molar-refractivity contribution in [3.63, 3.8) is 0 Å². The van der Waals surface area contributed by atoms with Crippen LogP contribution in [0.1, 0.15) is 15.9 Å². The van der Waals surface area contributed by atoms with Gasteiger partial charge in [0.1, 0.15) is 5.82 Å². The zero-order chi connectivity index (χ0) is 18.0. The van der Waals surface area contributed by atoms with Crippen molar-refractivity contribution < 1.29 is 22.4 Å². The minimum atomic E-state index is -1.80. The van der Waals surface area contributed by atoms with E-state index in [9.17, 15) is 22.4 Å². The van der Waals surface area contributed by atoms with E-state index in [0.29, 0.717) is 5.69 Å². The van der Waals surface area contributed by atoms with Crippen LogP contribution in [0.4, 0.5) is 17.6 Å². The van der Waals surface area contributed by atoms with Gasteiger partial charge in [-0.1, -0.05) is 17.3 Å². The van der Waals surface area contributed by atoms with Crippen molar-refractivity contribution in [3.8, 4) is 5.69 Å². The molecule has 3 rings (SSSR count). The van der Waals surface area contributed by atoms with Crippen LogP contribution in [0.5, 0.6) is 0 Å². The Morgan fingerprint density at radius 3 is 2.56 bits per heavy atom. The van der Waals surface area contributed by atoms with Crippen molar-refractivity contribution in [1.29, 1.82) is 0 Å². The summed E-state index contributed by atoms with van der Waals surface area (Å²) in [5.74, 6) is -7.08. The van der Waals surface area contributed by atoms with Crippen molar-refractivity contribution in [1.82, 2.24) is 20.3 Å². The molecule has 0 atom stereocenters. The summed E-state index contributed by atoms with van der Waals surface area (Å²) < 4.78 is 54.8. The van der Waals surface area contributed by atoms with Gasteiger partial charge < -0.3 is 5.32 Å². The number of hydrogen-bond acceptors (Lipinski definition) is 3. The molecule has 0 aliphatic carbocycles. The first kappa shape index (κ1) is 16.6. The van der Waals surface area contributed by atoms with Crippen LogP contribution >= 0.6 is 0 Å². The van der Waals surface area contributed by atoms with E-state index in [2.05, 4.69) is 15.6 Å². The quantitative estimate of drug-likeness (QED) is 0.447. The molecule has 0 fully saturated rings. The summed E-state index contributed by atoms with van der Waals surface area (Å²) in [5, 5.41) is 9.69. The van der Waals surface area contributed by atoms with Gasteiger partial charge in [-0.2, -0.15) is 0 Å². The molecular formula is C16H10F4N4O. The molecular weight excluding hydrogens is 340 g/mol. The molecule has 0 bridgehead atoms. The maximum Gasteiger partial charge on any atom is 0.253 e. The van der Waals surface area contributed by atoms with Gasteiger partial charge in [-0.15, -0.1) is 5.10 Å². The number of benzene rings is 2. The molecule has 9 heteroatoms. The van der Waals surface area contributed by atoms with Crippen LogP contribution in [0, 0.1) is 23.3 Å². The Morgan fingerprint density at radius 1 is 1.08 bits per heavy atom. The number of carbonyl (C=O) groups excluding carboxylic acids is 1. The summed E-state index contributed by atoms with van der Waals surface area (Å²) in [6.07, 6.45) is 2.93. The molecule has 1 amide bonds. The molecule has 128 valence electrons. The number of rotatable bonds is 4. The fourth-order valence-electron chi connectivity index (χ4n) is 2.23. The number of halogens is 4. The van der Waals surface area contributed by atoms with Gasteiger partial charge in [-0.25, -0.2) is 22.2 Å². The van der Waals surface area contributed by atoms with E-state index in [0.717, 1.165) is 0 Å². The number of nitrogens with zero attached hydrogens (tertiary/aromatic N) is 3. The molecule has 0 radical (unpaired) electrons. The van der Waals surface area contributed by atoms with Crippen LogP contribution in [-0.2, 0) is 6.54 Å². The highest BCUT2D eigenvalue weighted by Crippen LogP contribution is 2.19. The Bertz CT molecular complexity index is 928. The summed E-state index contributed by atoms with van der Waals surface area (Å²) in [5.41, 5.74) is -0.217. The average Bonchev–Trinajstić information content (AvgIpc) is 3.14. The van der Waals surface area contributed by atoms with Crippen molar-refractivity contribution in [3.05, 3.63) is 77.1 Å². The molecule has 2 aromatic carbocycles. The predicted molar refractivity (Wildman–Crippen MR) is 78.8 cm³/mol. The minimum Gasteiger partial charge on any atom is -0.348 e. The van der Waals surface area contributed by atoms with E-state index in [-0.39, 0.29) is 11.6 Å². The zero-order valence-corrected chi connectivity index (χ0v) is 12.5. The van der Waals surface area contributed by atoms with Gasteiger partial charge >= 0.3 is 0 Å². The number of carbonyl (C=O) groups is 1. The van der Waals surface area contributed by atoms with E-state index in [4.69, 9.17) is 0 Å². The molecule has 1 heterocycles. The lowest BCUT2D eigenvalue weighted by Crippen LogP contribution is -2.25. The third kappa shape index (κ3) is 3.21. The molecule has 5 nitrogen and oxygen atoms in total. The molecule has 25 heavy (non-hydrogen) atoms. The van der Waals surface area contributed by atoms with Crippen molar-refractivity contribution in [2.75, 3.05) is 0 Å². The SMILES string of the molecule is O=C(NCc1c(F)cc(F)c(F)c1F)c1ccccc1-n1ccnn1. The van der Waals surface area contributed by atoms with Crippen molar-refractivity contribution in [2.45, 2.75) is 6.54 Å². The fraction of sp³-hybridized carbons (Fsp3) is 0.0625. The second-order valence-electron chi connectivity index (χ2n) is 4.99. The van der Waals surface area contributed by atoms with Gasteiger partial charge in [0.15, 0.2) is 17.5 Å². The topological polar surface area (TPSA) is 59.8 Å². The molecule has 0 saturated carbocycles. The predicted octanol–water partition coefficient (Wildman–Crippen LogP) is 2.75. The second-order valence-corrected chi connectivity index (χ2v) is 4.99. The van der Waals surface area contributed by atoms with Crippen LogP contribution in [0.25, 0.3) is 5.69 Å². The second kappa shape index (κ2) is 6.71. The molecule has 0 spiro atoms. The lowest BCUT2D eigenvalue weighted by molar-refractivity contribution is 0.0950. The fourth-order valence-corrected chi connectivity index (χ4v) is 2.23. The maximum absolute atomic E-state index is 13.7. The van der Waals surface area contributed by atoms with Crippen LogP contribution in [0.3, 0.4) is 0 Å². The van der Waals surface area contributed by atoms with Gasteiger partial charge in [0.05, 0.1) is 23.6 Å². The van der Waals surface area contributed by atoms with Gasteiger partial charge in [-0.05, 0) is 12.1 Å². The smallest absolute Gasteiger partial charge is 0.253 e. The number of aromatic nitrogens is 3. The van der Waals surface area contributed by atoms with Crippen LogP contribution in [0.2, 0.25) is 0 Å². The largest absolute Gasteiger partial charge is 0.348 e. The number of nitrogens with one attached hydrogen (secondary N) is 1. The Balaban J connectivity index is 1.85. The summed E-state index contributed by atoms with van der Waals surface area (Å²) in [6.45, 7) is -0.653. The minimum absolute atomic E-state index is 0.163. The molecule has 1 N–H and O–H groups in total. The zero-order valence-electron chi connectivity index (χ0n) is 12.5. The van der Waals surface area contributed by atoms with Gasteiger partial charge in [0, 0.05) is 18.2 Å². The van der Waals surface area contributed by atoms with E-state index in [1.54, 1.807) is 18.2 Å². The van der Waals surface area contributed by atoms with Crippen molar-refractivity contribution in [2.24, 2.45) is 0 Å². The molecule has 0 aliphatic heterocycles.